The van der Waals surface area contributed by atoms with Gasteiger partial charge in [-0.1, -0.05) is 18.2 Å². The van der Waals surface area contributed by atoms with Crippen LogP contribution in [0.15, 0.2) is 54.9 Å². The quantitative estimate of drug-likeness (QED) is 0.567. The van der Waals surface area contributed by atoms with E-state index >= 15 is 0 Å². The lowest BCUT2D eigenvalue weighted by atomic mass is 10.3. The number of nitrogens with one attached hydrogen (secondary N) is 1. The maximum Gasteiger partial charge on any atom is 0.277 e. The molecule has 1 N–H and O–H groups in total. The van der Waals surface area contributed by atoms with E-state index in [1.165, 1.54) is 10.9 Å². The summed E-state index contributed by atoms with van der Waals surface area (Å²) < 4.78 is 4.96. The summed E-state index contributed by atoms with van der Waals surface area (Å²) in [5.41, 5.74) is 3.17. The summed E-state index contributed by atoms with van der Waals surface area (Å²) in [5, 5.41) is 25.1. The van der Waals surface area contributed by atoms with Gasteiger partial charge in [-0.2, -0.15) is 20.6 Å². The van der Waals surface area contributed by atoms with Crippen molar-refractivity contribution in [1.29, 1.82) is 5.26 Å². The highest BCUT2D eigenvalue weighted by Crippen LogP contribution is 2.20. The Morgan fingerprint density at radius 3 is 2.66 bits per heavy atom. The number of hydrogen-bond donors (Lipinski definition) is 1. The van der Waals surface area contributed by atoms with Crippen LogP contribution in [-0.2, 0) is 6.67 Å². The molecule has 1 amide bonds. The first-order valence-corrected chi connectivity index (χ1v) is 8.94. The number of amides is 1. The maximum atomic E-state index is 12.7. The van der Waals surface area contributed by atoms with E-state index in [1.807, 2.05) is 54.9 Å². The normalized spacial score (nSPS) is 10.7. The predicted molar refractivity (Wildman–Crippen MR) is 106 cm³/mol. The Kier molecular flexibility index (Phi) is 4.66. The molecule has 0 saturated heterocycles. The fraction of sp³-hybridized carbons (Fsp3) is 0.150. The Bertz CT molecular complexity index is 1210. The molecule has 3 heterocycles. The molecule has 4 rings (SSSR count). The largest absolute Gasteiger partial charge is 0.304 e. The van der Waals surface area contributed by atoms with Crippen molar-refractivity contribution in [3.05, 3.63) is 77.5 Å². The number of carbonyl (C=O) groups is 1. The van der Waals surface area contributed by atoms with Gasteiger partial charge in [0.1, 0.15) is 18.3 Å². The van der Waals surface area contributed by atoms with Crippen LogP contribution in [0.3, 0.4) is 0 Å². The van der Waals surface area contributed by atoms with Crippen LogP contribution in [-0.4, -0.2) is 35.2 Å². The smallest absolute Gasteiger partial charge is 0.277 e. The van der Waals surface area contributed by atoms with Gasteiger partial charge in [0.25, 0.3) is 5.91 Å². The number of aryl methyl sites for hydroxylation is 2. The van der Waals surface area contributed by atoms with Crippen LogP contribution < -0.4 is 5.32 Å². The Labute approximate surface area is 166 Å². The molecule has 9 nitrogen and oxygen atoms in total. The van der Waals surface area contributed by atoms with Crippen LogP contribution in [0, 0.1) is 25.2 Å². The minimum absolute atomic E-state index is 0.233. The van der Waals surface area contributed by atoms with E-state index in [1.54, 1.807) is 16.9 Å². The maximum absolute atomic E-state index is 12.7. The van der Waals surface area contributed by atoms with Gasteiger partial charge in [-0.15, -0.1) is 0 Å². The first kappa shape index (κ1) is 18.2. The third kappa shape index (κ3) is 3.64. The lowest BCUT2D eigenvalue weighted by Crippen LogP contribution is -2.18. The van der Waals surface area contributed by atoms with Crippen LogP contribution in [0.5, 0.6) is 0 Å². The molecular weight excluding hydrogens is 368 g/mol. The number of para-hydroxylation sites is 1. The summed E-state index contributed by atoms with van der Waals surface area (Å²) in [7, 11) is 0. The van der Waals surface area contributed by atoms with Crippen LogP contribution in [0.25, 0.3) is 5.69 Å². The third-order valence-electron chi connectivity index (χ3n) is 4.38. The average molecular weight is 386 g/mol. The minimum Gasteiger partial charge on any atom is -0.304 e. The van der Waals surface area contributed by atoms with E-state index in [9.17, 15) is 10.1 Å². The molecule has 0 fully saturated rings. The second-order valence-corrected chi connectivity index (χ2v) is 6.53. The molecule has 0 saturated carbocycles. The van der Waals surface area contributed by atoms with Crippen molar-refractivity contribution < 1.29 is 4.79 Å². The summed E-state index contributed by atoms with van der Waals surface area (Å²) in [6.45, 7) is 4.29. The molecule has 0 bridgehead atoms. The average Bonchev–Trinajstić information content (AvgIpc) is 3.42. The molecule has 0 radical (unpaired) electrons. The van der Waals surface area contributed by atoms with Gasteiger partial charge < -0.3 is 5.32 Å². The Morgan fingerprint density at radius 2 is 1.97 bits per heavy atom. The second kappa shape index (κ2) is 7.44. The first-order chi connectivity index (χ1) is 14.0. The zero-order valence-electron chi connectivity index (χ0n) is 15.9. The highest BCUT2D eigenvalue weighted by molar-refractivity contribution is 6.03. The fourth-order valence-corrected chi connectivity index (χ4v) is 3.00. The minimum atomic E-state index is -0.425. The van der Waals surface area contributed by atoms with Gasteiger partial charge >= 0.3 is 0 Å². The molecule has 144 valence electrons. The van der Waals surface area contributed by atoms with E-state index in [-0.39, 0.29) is 11.3 Å². The lowest BCUT2D eigenvalue weighted by Gasteiger charge is -2.08. The Balaban J connectivity index is 1.56. The summed E-state index contributed by atoms with van der Waals surface area (Å²) in [5.74, 6) is -0.122. The monoisotopic (exact) mass is 386 g/mol. The van der Waals surface area contributed by atoms with E-state index in [0.717, 1.165) is 17.1 Å². The van der Waals surface area contributed by atoms with Gasteiger partial charge in [0.05, 0.1) is 17.6 Å². The van der Waals surface area contributed by atoms with Crippen LogP contribution in [0.1, 0.15) is 27.4 Å². The number of benzene rings is 1. The van der Waals surface area contributed by atoms with Crippen molar-refractivity contribution in [2.45, 2.75) is 20.5 Å². The van der Waals surface area contributed by atoms with Crippen molar-refractivity contribution in [3.8, 4) is 11.8 Å². The molecule has 1 aromatic carbocycles. The highest BCUT2D eigenvalue weighted by atomic mass is 16.2. The second-order valence-electron chi connectivity index (χ2n) is 6.53. The van der Waals surface area contributed by atoms with Gasteiger partial charge in [0.15, 0.2) is 11.5 Å². The van der Waals surface area contributed by atoms with Gasteiger partial charge in [0, 0.05) is 11.9 Å². The zero-order valence-corrected chi connectivity index (χ0v) is 15.9. The van der Waals surface area contributed by atoms with Crippen LogP contribution in [0.4, 0.5) is 5.82 Å². The molecule has 9 heteroatoms. The molecule has 0 aliphatic carbocycles. The third-order valence-corrected chi connectivity index (χ3v) is 4.38. The Hall–Kier alpha value is -4.19. The van der Waals surface area contributed by atoms with Gasteiger partial charge in [0.2, 0.25) is 0 Å². The molecule has 0 unspecified atom stereocenters. The fourth-order valence-electron chi connectivity index (χ4n) is 3.00. The number of rotatable bonds is 5. The number of carbonyl (C=O) groups excluding carboxylic acids is 1. The summed E-state index contributed by atoms with van der Waals surface area (Å²) in [6.07, 6.45) is 3.13. The molecule has 4 aromatic rings. The summed E-state index contributed by atoms with van der Waals surface area (Å²) in [6, 6.07) is 14.9. The first-order valence-electron chi connectivity index (χ1n) is 8.94. The lowest BCUT2D eigenvalue weighted by molar-refractivity contribution is 0.102. The van der Waals surface area contributed by atoms with Crippen LogP contribution in [0.2, 0.25) is 0 Å². The standard InChI is InChI=1S/C20H18N8O/c1-14-10-15(2)27(24-14)13-26-9-8-18(25-26)20(29)23-19-16(11-21)12-22-28(19)17-6-4-3-5-7-17/h3-10,12H,13H2,1-2H3,(H,23,29). The summed E-state index contributed by atoms with van der Waals surface area (Å²) >= 11 is 0. The van der Waals surface area contributed by atoms with E-state index in [0.29, 0.717) is 12.5 Å². The van der Waals surface area contributed by atoms with Crippen molar-refractivity contribution in [3.63, 3.8) is 0 Å². The SMILES string of the molecule is Cc1cc(C)n(Cn2ccc(C(=O)Nc3c(C#N)cnn3-c3ccccc3)n2)n1. The van der Waals surface area contributed by atoms with E-state index in [4.69, 9.17) is 0 Å². The van der Waals surface area contributed by atoms with Crippen molar-refractivity contribution in [2.24, 2.45) is 0 Å². The number of anilines is 1. The zero-order chi connectivity index (χ0) is 20.4. The van der Waals surface area contributed by atoms with E-state index < -0.39 is 5.91 Å². The highest BCUT2D eigenvalue weighted by Gasteiger charge is 2.18. The molecule has 29 heavy (non-hydrogen) atoms. The summed E-state index contributed by atoms with van der Waals surface area (Å²) in [4.78, 5) is 12.7. The molecule has 3 aromatic heterocycles. The van der Waals surface area contributed by atoms with Gasteiger partial charge in [-0.3, -0.25) is 9.48 Å². The topological polar surface area (TPSA) is 106 Å². The molecule has 0 spiro atoms. The van der Waals surface area contributed by atoms with Gasteiger partial charge in [-0.05, 0) is 38.1 Å². The van der Waals surface area contributed by atoms with Gasteiger partial charge in [-0.25, -0.2) is 9.36 Å². The molecule has 0 aliphatic rings. The number of aromatic nitrogens is 6. The molecule has 0 aliphatic heterocycles. The number of hydrogen-bond acceptors (Lipinski definition) is 5. The van der Waals surface area contributed by atoms with Crippen molar-refractivity contribution in [2.75, 3.05) is 5.32 Å². The number of nitrogens with zero attached hydrogens (tertiary/aromatic N) is 7. The van der Waals surface area contributed by atoms with E-state index in [2.05, 4.69) is 26.7 Å². The van der Waals surface area contributed by atoms with Crippen LogP contribution >= 0.6 is 0 Å². The van der Waals surface area contributed by atoms with Crippen molar-refractivity contribution in [1.82, 2.24) is 29.3 Å². The predicted octanol–water partition coefficient (Wildman–Crippen LogP) is 2.51. The van der Waals surface area contributed by atoms with Crippen molar-refractivity contribution >= 4 is 11.7 Å². The molecule has 0 atom stereocenters. The Morgan fingerprint density at radius 1 is 1.17 bits per heavy atom. The number of nitriles is 1. The molecular formula is C20H18N8O.